The van der Waals surface area contributed by atoms with E-state index in [0.29, 0.717) is 10.6 Å². The van der Waals surface area contributed by atoms with E-state index < -0.39 is 9.84 Å². The van der Waals surface area contributed by atoms with Gasteiger partial charge in [-0.25, -0.2) is 8.42 Å². The van der Waals surface area contributed by atoms with Gasteiger partial charge in [0.15, 0.2) is 9.84 Å². The Morgan fingerprint density at radius 2 is 1.89 bits per heavy atom. The normalized spacial score (nSPS) is 11.5. The van der Waals surface area contributed by atoms with Crippen LogP contribution in [0.5, 0.6) is 0 Å². The van der Waals surface area contributed by atoms with E-state index in [4.69, 9.17) is 17.3 Å². The molecule has 2 aromatic carbocycles. The van der Waals surface area contributed by atoms with Gasteiger partial charge in [-0.05, 0) is 35.9 Å². The molecule has 0 heterocycles. The Hall–Kier alpha value is -1.04. The van der Waals surface area contributed by atoms with Gasteiger partial charge in [0.1, 0.15) is 0 Å². The molecule has 0 spiro atoms. The number of halogens is 2. The summed E-state index contributed by atoms with van der Waals surface area (Å²) in [6.07, 6.45) is 0. The van der Waals surface area contributed by atoms with Crippen molar-refractivity contribution in [3.8, 4) is 0 Å². The summed E-state index contributed by atoms with van der Waals surface area (Å²) < 4.78 is 25.4. The van der Waals surface area contributed by atoms with E-state index in [-0.39, 0.29) is 16.3 Å². The number of rotatable bonds is 3. The van der Waals surface area contributed by atoms with Crippen LogP contribution < -0.4 is 5.73 Å². The Bertz CT molecular complexity index is 716. The molecule has 0 aliphatic carbocycles. The van der Waals surface area contributed by atoms with E-state index in [0.717, 1.165) is 4.47 Å². The van der Waals surface area contributed by atoms with Crippen molar-refractivity contribution >= 4 is 43.1 Å². The first kappa shape index (κ1) is 14.4. The van der Waals surface area contributed by atoms with Crippen molar-refractivity contribution in [2.45, 2.75) is 10.6 Å². The fourth-order valence-corrected chi connectivity index (χ4v) is 3.79. The summed E-state index contributed by atoms with van der Waals surface area (Å²) in [5.74, 6) is -0.126. The van der Waals surface area contributed by atoms with E-state index >= 15 is 0 Å². The van der Waals surface area contributed by atoms with Gasteiger partial charge in [0.05, 0.1) is 16.3 Å². The molecule has 0 saturated carbocycles. The molecule has 0 aliphatic rings. The van der Waals surface area contributed by atoms with E-state index in [1.54, 1.807) is 36.4 Å². The zero-order chi connectivity index (χ0) is 14.0. The Labute approximate surface area is 125 Å². The maximum atomic E-state index is 12.3. The van der Waals surface area contributed by atoms with Gasteiger partial charge in [0, 0.05) is 9.50 Å². The Kier molecular flexibility index (Phi) is 4.18. The second-order valence-corrected chi connectivity index (χ2v) is 7.38. The van der Waals surface area contributed by atoms with Crippen molar-refractivity contribution in [1.82, 2.24) is 0 Å². The topological polar surface area (TPSA) is 60.2 Å². The highest BCUT2D eigenvalue weighted by Gasteiger charge is 2.18. The number of anilines is 1. The predicted molar refractivity (Wildman–Crippen MR) is 80.9 cm³/mol. The number of sulfone groups is 1. The lowest BCUT2D eigenvalue weighted by Gasteiger charge is -2.08. The van der Waals surface area contributed by atoms with Gasteiger partial charge in [-0.2, -0.15) is 0 Å². The summed E-state index contributed by atoms with van der Waals surface area (Å²) in [6, 6.07) is 11.5. The molecule has 0 fully saturated rings. The number of hydrogen-bond donors (Lipinski definition) is 1. The van der Waals surface area contributed by atoms with Gasteiger partial charge < -0.3 is 5.73 Å². The molecule has 19 heavy (non-hydrogen) atoms. The zero-order valence-electron chi connectivity index (χ0n) is 9.81. The number of hydrogen-bond acceptors (Lipinski definition) is 3. The maximum absolute atomic E-state index is 12.3. The fraction of sp³-hybridized carbons (Fsp3) is 0.0769. The van der Waals surface area contributed by atoms with Crippen LogP contribution in [-0.4, -0.2) is 8.42 Å². The number of benzene rings is 2. The number of nitrogen functional groups attached to an aromatic ring is 1. The lowest BCUT2D eigenvalue weighted by atomic mass is 10.2. The first-order chi connectivity index (χ1) is 8.88. The molecule has 0 aliphatic heterocycles. The Balaban J connectivity index is 2.38. The molecule has 2 aromatic rings. The average molecular weight is 361 g/mol. The van der Waals surface area contributed by atoms with Gasteiger partial charge in [-0.15, -0.1) is 0 Å². The molecular weight excluding hydrogens is 350 g/mol. The molecule has 100 valence electrons. The van der Waals surface area contributed by atoms with E-state index in [2.05, 4.69) is 15.9 Å². The van der Waals surface area contributed by atoms with Gasteiger partial charge in [0.25, 0.3) is 0 Å². The predicted octanol–water partition coefficient (Wildman–Crippen LogP) is 3.66. The van der Waals surface area contributed by atoms with Crippen LogP contribution in [0.3, 0.4) is 0 Å². The lowest BCUT2D eigenvalue weighted by Crippen LogP contribution is -2.08. The Morgan fingerprint density at radius 1 is 1.16 bits per heavy atom. The highest BCUT2D eigenvalue weighted by molar-refractivity contribution is 9.10. The largest absolute Gasteiger partial charge is 0.398 e. The molecule has 0 bridgehead atoms. The van der Waals surface area contributed by atoms with Crippen LogP contribution in [0, 0.1) is 0 Å². The van der Waals surface area contributed by atoms with Crippen LogP contribution >= 0.6 is 27.5 Å². The van der Waals surface area contributed by atoms with Crippen LogP contribution in [0.4, 0.5) is 5.69 Å². The van der Waals surface area contributed by atoms with Crippen molar-refractivity contribution in [1.29, 1.82) is 0 Å². The minimum atomic E-state index is -3.48. The molecule has 0 amide bonds. The van der Waals surface area contributed by atoms with Crippen LogP contribution in [0.15, 0.2) is 51.8 Å². The zero-order valence-corrected chi connectivity index (χ0v) is 13.0. The summed E-state index contributed by atoms with van der Waals surface area (Å²) in [5, 5.41) is 0.511. The molecule has 0 aromatic heterocycles. The molecule has 0 unspecified atom stereocenters. The monoisotopic (exact) mass is 359 g/mol. The van der Waals surface area contributed by atoms with Crippen LogP contribution in [0.1, 0.15) is 5.56 Å². The third-order valence-corrected chi connectivity index (χ3v) is 5.04. The second-order valence-electron chi connectivity index (χ2n) is 4.07. The van der Waals surface area contributed by atoms with Crippen LogP contribution in [0.2, 0.25) is 5.02 Å². The highest BCUT2D eigenvalue weighted by atomic mass is 79.9. The van der Waals surface area contributed by atoms with Crippen molar-refractivity contribution in [2.24, 2.45) is 0 Å². The van der Waals surface area contributed by atoms with Crippen LogP contribution in [-0.2, 0) is 15.6 Å². The van der Waals surface area contributed by atoms with Gasteiger partial charge >= 0.3 is 0 Å². The second kappa shape index (κ2) is 5.53. The standard InChI is InChI=1S/C13H11BrClNO2S/c14-10-4-5-13(12(16)7-10)19(17,18)8-9-2-1-3-11(15)6-9/h1-7H,8,16H2. The Morgan fingerprint density at radius 3 is 2.53 bits per heavy atom. The minimum Gasteiger partial charge on any atom is -0.398 e. The summed E-state index contributed by atoms with van der Waals surface area (Å²) in [6.45, 7) is 0. The summed E-state index contributed by atoms with van der Waals surface area (Å²) in [7, 11) is -3.48. The van der Waals surface area contributed by atoms with Crippen molar-refractivity contribution < 1.29 is 8.42 Å². The maximum Gasteiger partial charge on any atom is 0.184 e. The molecular formula is C13H11BrClNO2S. The van der Waals surface area contributed by atoms with Crippen LogP contribution in [0.25, 0.3) is 0 Å². The first-order valence-electron chi connectivity index (χ1n) is 5.41. The smallest absolute Gasteiger partial charge is 0.184 e. The van der Waals surface area contributed by atoms with E-state index in [1.165, 1.54) is 6.07 Å². The summed E-state index contributed by atoms with van der Waals surface area (Å²) in [4.78, 5) is 0.135. The summed E-state index contributed by atoms with van der Waals surface area (Å²) >= 11 is 9.09. The van der Waals surface area contributed by atoms with Crippen molar-refractivity contribution in [3.05, 3.63) is 57.5 Å². The quantitative estimate of drug-likeness (QED) is 0.850. The number of nitrogens with two attached hydrogens (primary N) is 1. The van der Waals surface area contributed by atoms with Gasteiger partial charge in [0.2, 0.25) is 0 Å². The third kappa shape index (κ3) is 3.49. The molecule has 2 N–H and O–H groups in total. The lowest BCUT2D eigenvalue weighted by molar-refractivity contribution is 0.595. The van der Waals surface area contributed by atoms with Crippen molar-refractivity contribution in [3.63, 3.8) is 0 Å². The molecule has 2 rings (SSSR count). The van der Waals surface area contributed by atoms with Crippen molar-refractivity contribution in [2.75, 3.05) is 5.73 Å². The SMILES string of the molecule is Nc1cc(Br)ccc1S(=O)(=O)Cc1cccc(Cl)c1. The average Bonchev–Trinajstić information content (AvgIpc) is 2.27. The van der Waals surface area contributed by atoms with Gasteiger partial charge in [-0.1, -0.05) is 39.7 Å². The van der Waals surface area contributed by atoms with E-state index in [1.807, 2.05) is 0 Å². The first-order valence-corrected chi connectivity index (χ1v) is 8.23. The fourth-order valence-electron chi connectivity index (χ4n) is 1.73. The highest BCUT2D eigenvalue weighted by Crippen LogP contribution is 2.26. The van der Waals surface area contributed by atoms with Gasteiger partial charge in [-0.3, -0.25) is 0 Å². The summed E-state index contributed by atoms with van der Waals surface area (Å²) in [5.41, 5.74) is 6.62. The molecule has 0 atom stereocenters. The molecule has 3 nitrogen and oxygen atoms in total. The molecule has 0 saturated heterocycles. The minimum absolute atomic E-state index is 0.126. The third-order valence-electron chi connectivity index (χ3n) is 2.55. The molecule has 0 radical (unpaired) electrons. The van der Waals surface area contributed by atoms with E-state index in [9.17, 15) is 8.42 Å². The molecule has 6 heteroatoms.